The van der Waals surface area contributed by atoms with E-state index in [-0.39, 0.29) is 6.09 Å². The Balaban J connectivity index is 2.27. The molecule has 0 spiro atoms. The van der Waals surface area contributed by atoms with E-state index < -0.39 is 5.60 Å². The zero-order valence-corrected chi connectivity index (χ0v) is 14.2. The van der Waals surface area contributed by atoms with Gasteiger partial charge in [0.15, 0.2) is 0 Å². The lowest BCUT2D eigenvalue weighted by Gasteiger charge is -2.28. The first-order valence-electron chi connectivity index (χ1n) is 7.79. The van der Waals surface area contributed by atoms with Gasteiger partial charge in [0, 0.05) is 24.0 Å². The Morgan fingerprint density at radius 1 is 1.30 bits per heavy atom. The van der Waals surface area contributed by atoms with Gasteiger partial charge in [0.05, 0.1) is 6.54 Å². The van der Waals surface area contributed by atoms with Crippen LogP contribution in [0.1, 0.15) is 32.8 Å². The summed E-state index contributed by atoms with van der Waals surface area (Å²) in [7, 11) is 0. The maximum Gasteiger partial charge on any atom is 0.415 e. The quantitative estimate of drug-likeness (QED) is 0.815. The van der Waals surface area contributed by atoms with E-state index in [1.165, 1.54) is 0 Å². The molecule has 1 amide bonds. The maximum atomic E-state index is 12.6. The Morgan fingerprint density at radius 3 is 2.78 bits per heavy atom. The molecule has 1 aliphatic rings. The molecule has 0 radical (unpaired) electrons. The van der Waals surface area contributed by atoms with Crippen LogP contribution in [0.3, 0.4) is 0 Å². The van der Waals surface area contributed by atoms with E-state index in [2.05, 4.69) is 4.99 Å². The number of amides is 1. The number of anilines is 1. The van der Waals surface area contributed by atoms with Crippen LogP contribution < -0.4 is 4.90 Å². The van der Waals surface area contributed by atoms with Crippen molar-refractivity contribution in [3.05, 3.63) is 54.3 Å². The number of carbonyl (C=O) groups is 1. The van der Waals surface area contributed by atoms with Gasteiger partial charge in [-0.3, -0.25) is 9.89 Å². The summed E-state index contributed by atoms with van der Waals surface area (Å²) in [5.74, 6) is 0. The number of ether oxygens (including phenoxy) is 1. The second kappa shape index (κ2) is 7.27. The average molecular weight is 312 g/mol. The van der Waals surface area contributed by atoms with Crippen molar-refractivity contribution in [3.8, 4) is 0 Å². The Kier molecular flexibility index (Phi) is 5.37. The Hall–Kier alpha value is -2.36. The monoisotopic (exact) mass is 312 g/mol. The molecule has 0 fully saturated rings. The molecule has 4 nitrogen and oxygen atoms in total. The molecular weight excluding hydrogens is 288 g/mol. The molecule has 1 aromatic rings. The molecule has 4 heteroatoms. The molecule has 122 valence electrons. The SMILES string of the molecule is Cc1cccc(N(CC2=NC=CC=CC2)C(=O)OC(C)(C)C)c1. The van der Waals surface area contributed by atoms with Crippen molar-refractivity contribution in [2.24, 2.45) is 4.99 Å². The summed E-state index contributed by atoms with van der Waals surface area (Å²) in [5.41, 5.74) is 2.30. The highest BCUT2D eigenvalue weighted by atomic mass is 16.6. The predicted molar refractivity (Wildman–Crippen MR) is 95.1 cm³/mol. The van der Waals surface area contributed by atoms with Crippen LogP contribution in [0.2, 0.25) is 0 Å². The summed E-state index contributed by atoms with van der Waals surface area (Å²) in [6.45, 7) is 8.02. The van der Waals surface area contributed by atoms with Crippen LogP contribution in [0, 0.1) is 6.92 Å². The van der Waals surface area contributed by atoms with Gasteiger partial charge in [-0.2, -0.15) is 0 Å². The smallest absolute Gasteiger partial charge is 0.415 e. The highest BCUT2D eigenvalue weighted by molar-refractivity contribution is 5.99. The standard InChI is InChI=1S/C19H24N2O2/c1-15-9-8-11-17(13-15)21(18(22)23-19(2,3)4)14-16-10-6-5-7-12-20-16/h5-9,11-13H,10,14H2,1-4H3. The number of nitrogens with zero attached hydrogens (tertiary/aromatic N) is 2. The first-order chi connectivity index (χ1) is 10.8. The minimum absolute atomic E-state index is 0.358. The predicted octanol–water partition coefficient (Wildman–Crippen LogP) is 4.65. The van der Waals surface area contributed by atoms with Gasteiger partial charge in [-0.15, -0.1) is 0 Å². The third-order valence-corrected chi connectivity index (χ3v) is 3.21. The first kappa shape index (κ1) is 17.0. The second-order valence-corrected chi connectivity index (χ2v) is 6.57. The van der Waals surface area contributed by atoms with Crippen LogP contribution in [0.15, 0.2) is 53.7 Å². The van der Waals surface area contributed by atoms with E-state index in [9.17, 15) is 4.79 Å². The number of hydrogen-bond acceptors (Lipinski definition) is 3. The van der Waals surface area contributed by atoms with E-state index in [1.54, 1.807) is 11.1 Å². The summed E-state index contributed by atoms with van der Waals surface area (Å²) in [5, 5.41) is 0. The molecule has 1 aromatic carbocycles. The third kappa shape index (κ3) is 5.40. The molecule has 1 aliphatic heterocycles. The average Bonchev–Trinajstić information content (AvgIpc) is 2.71. The van der Waals surface area contributed by atoms with Crippen molar-refractivity contribution in [2.45, 2.75) is 39.7 Å². The molecule has 0 unspecified atom stereocenters. The van der Waals surface area contributed by atoms with Crippen LogP contribution in [-0.2, 0) is 4.74 Å². The highest BCUT2D eigenvalue weighted by Gasteiger charge is 2.24. The van der Waals surface area contributed by atoms with Crippen LogP contribution >= 0.6 is 0 Å². The molecule has 0 bridgehead atoms. The zero-order valence-electron chi connectivity index (χ0n) is 14.2. The van der Waals surface area contributed by atoms with Crippen molar-refractivity contribution >= 4 is 17.5 Å². The zero-order chi connectivity index (χ0) is 16.9. The maximum absolute atomic E-state index is 12.6. The molecule has 1 heterocycles. The van der Waals surface area contributed by atoms with E-state index in [4.69, 9.17) is 4.74 Å². The lowest BCUT2D eigenvalue weighted by atomic mass is 10.2. The summed E-state index contributed by atoms with van der Waals surface area (Å²) >= 11 is 0. The van der Waals surface area contributed by atoms with Gasteiger partial charge in [-0.1, -0.05) is 24.3 Å². The number of aliphatic imine (C=N–C) groups is 1. The van der Waals surface area contributed by atoms with Crippen molar-refractivity contribution in [3.63, 3.8) is 0 Å². The minimum atomic E-state index is -0.537. The van der Waals surface area contributed by atoms with Crippen LogP contribution in [0.4, 0.5) is 10.5 Å². The minimum Gasteiger partial charge on any atom is -0.443 e. The topological polar surface area (TPSA) is 41.9 Å². The number of hydrogen-bond donors (Lipinski definition) is 0. The van der Waals surface area contributed by atoms with Crippen molar-refractivity contribution in [2.75, 3.05) is 11.4 Å². The fourth-order valence-electron chi connectivity index (χ4n) is 2.20. The molecule has 0 saturated carbocycles. The fourth-order valence-corrected chi connectivity index (χ4v) is 2.20. The molecule has 2 rings (SSSR count). The molecule has 0 saturated heterocycles. The number of aryl methyl sites for hydroxylation is 1. The van der Waals surface area contributed by atoms with Gasteiger partial charge in [0.1, 0.15) is 5.60 Å². The van der Waals surface area contributed by atoms with Crippen LogP contribution in [0.5, 0.6) is 0 Å². The highest BCUT2D eigenvalue weighted by Crippen LogP contribution is 2.20. The van der Waals surface area contributed by atoms with Crippen molar-refractivity contribution in [1.82, 2.24) is 0 Å². The lowest BCUT2D eigenvalue weighted by Crippen LogP contribution is -2.40. The van der Waals surface area contributed by atoms with Gasteiger partial charge in [0.25, 0.3) is 0 Å². The van der Waals surface area contributed by atoms with E-state index in [0.29, 0.717) is 6.54 Å². The normalized spacial score (nSPS) is 14.2. The second-order valence-electron chi connectivity index (χ2n) is 6.57. The van der Waals surface area contributed by atoms with Gasteiger partial charge in [-0.05, 0) is 51.5 Å². The van der Waals surface area contributed by atoms with Gasteiger partial charge >= 0.3 is 6.09 Å². The number of allylic oxidation sites excluding steroid dienone is 3. The van der Waals surface area contributed by atoms with Crippen molar-refractivity contribution < 1.29 is 9.53 Å². The molecular formula is C19H24N2O2. The van der Waals surface area contributed by atoms with Crippen LogP contribution in [-0.4, -0.2) is 24.0 Å². The van der Waals surface area contributed by atoms with Gasteiger partial charge in [0.2, 0.25) is 0 Å². The summed E-state index contributed by atoms with van der Waals surface area (Å²) in [6.07, 6.45) is 7.99. The molecule has 0 atom stereocenters. The van der Waals surface area contributed by atoms with Gasteiger partial charge in [-0.25, -0.2) is 4.79 Å². The Labute approximate surface area is 138 Å². The summed E-state index contributed by atoms with van der Waals surface area (Å²) in [6, 6.07) is 7.84. The van der Waals surface area contributed by atoms with Gasteiger partial charge < -0.3 is 4.74 Å². The summed E-state index contributed by atoms with van der Waals surface area (Å²) in [4.78, 5) is 18.7. The fraction of sp³-hybridized carbons (Fsp3) is 0.368. The molecule has 0 aromatic heterocycles. The lowest BCUT2D eigenvalue weighted by molar-refractivity contribution is 0.0585. The Bertz CT molecular complexity index is 652. The molecule has 0 aliphatic carbocycles. The number of carbonyl (C=O) groups excluding carboxylic acids is 1. The largest absolute Gasteiger partial charge is 0.443 e. The number of rotatable bonds is 3. The Morgan fingerprint density at radius 2 is 2.09 bits per heavy atom. The van der Waals surface area contributed by atoms with Crippen LogP contribution in [0.25, 0.3) is 0 Å². The van der Waals surface area contributed by atoms with Crippen molar-refractivity contribution in [1.29, 1.82) is 0 Å². The molecule has 0 N–H and O–H groups in total. The number of benzene rings is 1. The summed E-state index contributed by atoms with van der Waals surface area (Å²) < 4.78 is 5.56. The van der Waals surface area contributed by atoms with E-state index >= 15 is 0 Å². The molecule has 23 heavy (non-hydrogen) atoms. The van der Waals surface area contributed by atoms with E-state index in [1.807, 2.05) is 70.2 Å². The first-order valence-corrected chi connectivity index (χ1v) is 7.79. The van der Waals surface area contributed by atoms with E-state index in [0.717, 1.165) is 23.4 Å². The third-order valence-electron chi connectivity index (χ3n) is 3.21.